The lowest BCUT2D eigenvalue weighted by molar-refractivity contribution is -0.117. The van der Waals surface area contributed by atoms with E-state index in [-0.39, 0.29) is 11.5 Å². The smallest absolute Gasteiger partial charge is 0.339 e. The normalized spacial score (nSPS) is 15.5. The number of hydrogen-bond acceptors (Lipinski definition) is 4. The van der Waals surface area contributed by atoms with Gasteiger partial charge in [-0.1, -0.05) is 11.6 Å². The van der Waals surface area contributed by atoms with Gasteiger partial charge in [0.05, 0.1) is 17.7 Å². The van der Waals surface area contributed by atoms with E-state index in [9.17, 15) is 9.59 Å². The van der Waals surface area contributed by atoms with E-state index in [0.717, 1.165) is 25.9 Å². The standard InChI is InChI=1S/C15H19ClN2O3/c1-21-15(20)12-9-11(2-3-13(12)16)18-14(19)8-10-4-6-17-7-5-10/h2-3,9-10,17H,4-8H2,1H3,(H,18,19). The van der Waals surface area contributed by atoms with Gasteiger partial charge < -0.3 is 15.4 Å². The SMILES string of the molecule is COC(=O)c1cc(NC(=O)CC2CCNCC2)ccc1Cl. The molecule has 1 amide bonds. The lowest BCUT2D eigenvalue weighted by atomic mass is 9.94. The van der Waals surface area contributed by atoms with Crippen LogP contribution >= 0.6 is 11.6 Å². The Kier molecular flexibility index (Phi) is 5.59. The molecule has 0 bridgehead atoms. The van der Waals surface area contributed by atoms with Crippen LogP contribution in [0.4, 0.5) is 5.69 Å². The molecule has 1 heterocycles. The summed E-state index contributed by atoms with van der Waals surface area (Å²) < 4.78 is 4.66. The van der Waals surface area contributed by atoms with Crippen LogP contribution in [0.25, 0.3) is 0 Å². The number of esters is 1. The number of carbonyl (C=O) groups is 2. The van der Waals surface area contributed by atoms with Crippen molar-refractivity contribution in [3.8, 4) is 0 Å². The number of benzene rings is 1. The second-order valence-electron chi connectivity index (χ2n) is 5.13. The molecule has 1 aromatic rings. The molecule has 1 saturated heterocycles. The second-order valence-corrected chi connectivity index (χ2v) is 5.54. The molecule has 0 saturated carbocycles. The van der Waals surface area contributed by atoms with Gasteiger partial charge in [-0.25, -0.2) is 4.79 Å². The fraction of sp³-hybridized carbons (Fsp3) is 0.467. The topological polar surface area (TPSA) is 67.4 Å². The van der Waals surface area contributed by atoms with Gasteiger partial charge >= 0.3 is 5.97 Å². The van der Waals surface area contributed by atoms with Crippen LogP contribution in [0.3, 0.4) is 0 Å². The molecule has 1 aliphatic rings. The van der Waals surface area contributed by atoms with Crippen molar-refractivity contribution in [1.29, 1.82) is 0 Å². The molecule has 21 heavy (non-hydrogen) atoms. The Morgan fingerprint density at radius 1 is 1.38 bits per heavy atom. The van der Waals surface area contributed by atoms with Crippen LogP contribution in [0.15, 0.2) is 18.2 Å². The van der Waals surface area contributed by atoms with Crippen molar-refractivity contribution in [3.05, 3.63) is 28.8 Å². The molecule has 1 aromatic carbocycles. The number of nitrogens with one attached hydrogen (secondary N) is 2. The molecule has 0 unspecified atom stereocenters. The molecule has 2 N–H and O–H groups in total. The Morgan fingerprint density at radius 3 is 2.76 bits per heavy atom. The van der Waals surface area contributed by atoms with E-state index < -0.39 is 5.97 Å². The highest BCUT2D eigenvalue weighted by molar-refractivity contribution is 6.33. The predicted octanol–water partition coefficient (Wildman–Crippen LogP) is 2.45. The largest absolute Gasteiger partial charge is 0.465 e. The third kappa shape index (κ3) is 4.44. The molecule has 0 spiro atoms. The Balaban J connectivity index is 1.98. The number of methoxy groups -OCH3 is 1. The van der Waals surface area contributed by atoms with Crippen LogP contribution in [0.5, 0.6) is 0 Å². The molecule has 0 aromatic heterocycles. The number of piperidine rings is 1. The zero-order chi connectivity index (χ0) is 15.2. The fourth-order valence-corrected chi connectivity index (χ4v) is 2.62. The number of anilines is 1. The summed E-state index contributed by atoms with van der Waals surface area (Å²) in [5.41, 5.74) is 0.803. The van der Waals surface area contributed by atoms with E-state index in [0.29, 0.717) is 23.0 Å². The van der Waals surface area contributed by atoms with Crippen LogP contribution in [0, 0.1) is 5.92 Å². The predicted molar refractivity (Wildman–Crippen MR) is 81.6 cm³/mol. The first-order valence-corrected chi connectivity index (χ1v) is 7.36. The third-order valence-corrected chi connectivity index (χ3v) is 3.92. The van der Waals surface area contributed by atoms with E-state index in [4.69, 9.17) is 11.6 Å². The van der Waals surface area contributed by atoms with Crippen molar-refractivity contribution >= 4 is 29.2 Å². The van der Waals surface area contributed by atoms with Crippen molar-refractivity contribution in [2.75, 3.05) is 25.5 Å². The summed E-state index contributed by atoms with van der Waals surface area (Å²) >= 11 is 5.94. The van der Waals surface area contributed by atoms with E-state index in [1.54, 1.807) is 12.1 Å². The third-order valence-electron chi connectivity index (χ3n) is 3.59. The van der Waals surface area contributed by atoms with Gasteiger partial charge in [-0.15, -0.1) is 0 Å². The van der Waals surface area contributed by atoms with E-state index in [2.05, 4.69) is 15.4 Å². The Hall–Kier alpha value is -1.59. The molecule has 0 aliphatic carbocycles. The second kappa shape index (κ2) is 7.43. The number of halogens is 1. The van der Waals surface area contributed by atoms with Gasteiger partial charge in [-0.3, -0.25) is 4.79 Å². The van der Waals surface area contributed by atoms with Gasteiger partial charge in [0.25, 0.3) is 0 Å². The number of ether oxygens (including phenoxy) is 1. The van der Waals surface area contributed by atoms with E-state index in [1.807, 2.05) is 0 Å². The van der Waals surface area contributed by atoms with Gasteiger partial charge in [0.15, 0.2) is 0 Å². The fourth-order valence-electron chi connectivity index (χ4n) is 2.43. The molecular weight excluding hydrogens is 292 g/mol. The number of hydrogen-bond donors (Lipinski definition) is 2. The monoisotopic (exact) mass is 310 g/mol. The first kappa shape index (κ1) is 15.8. The number of rotatable bonds is 4. The summed E-state index contributed by atoms with van der Waals surface area (Å²) in [5, 5.41) is 6.39. The van der Waals surface area contributed by atoms with Gasteiger partial charge in [0.1, 0.15) is 0 Å². The summed E-state index contributed by atoms with van der Waals surface area (Å²) in [6.07, 6.45) is 2.53. The highest BCUT2D eigenvalue weighted by Crippen LogP contribution is 2.22. The number of amides is 1. The summed E-state index contributed by atoms with van der Waals surface area (Å²) in [7, 11) is 1.29. The van der Waals surface area contributed by atoms with Gasteiger partial charge in [-0.2, -0.15) is 0 Å². The van der Waals surface area contributed by atoms with Gasteiger partial charge in [0.2, 0.25) is 5.91 Å². The molecule has 6 heteroatoms. The van der Waals surface area contributed by atoms with Crippen LogP contribution in [0.2, 0.25) is 5.02 Å². The summed E-state index contributed by atoms with van der Waals surface area (Å²) in [4.78, 5) is 23.6. The average molecular weight is 311 g/mol. The summed E-state index contributed by atoms with van der Waals surface area (Å²) in [5.74, 6) is -0.145. The summed E-state index contributed by atoms with van der Waals surface area (Å²) in [6, 6.07) is 4.79. The molecule has 0 radical (unpaired) electrons. The van der Waals surface area contributed by atoms with Crippen molar-refractivity contribution in [1.82, 2.24) is 5.32 Å². The highest BCUT2D eigenvalue weighted by Gasteiger charge is 2.17. The van der Waals surface area contributed by atoms with E-state index in [1.165, 1.54) is 13.2 Å². The van der Waals surface area contributed by atoms with Crippen LogP contribution in [0.1, 0.15) is 29.6 Å². The maximum Gasteiger partial charge on any atom is 0.339 e. The highest BCUT2D eigenvalue weighted by atomic mass is 35.5. The molecule has 1 aliphatic heterocycles. The number of carbonyl (C=O) groups excluding carboxylic acids is 2. The minimum absolute atomic E-state index is 0.0416. The maximum absolute atomic E-state index is 12.0. The van der Waals surface area contributed by atoms with Crippen LogP contribution in [-0.4, -0.2) is 32.1 Å². The minimum Gasteiger partial charge on any atom is -0.465 e. The Morgan fingerprint density at radius 2 is 2.10 bits per heavy atom. The van der Waals surface area contributed by atoms with Crippen molar-refractivity contribution in [2.45, 2.75) is 19.3 Å². The maximum atomic E-state index is 12.0. The van der Waals surface area contributed by atoms with Crippen LogP contribution < -0.4 is 10.6 Å². The van der Waals surface area contributed by atoms with E-state index >= 15 is 0 Å². The molecule has 5 nitrogen and oxygen atoms in total. The van der Waals surface area contributed by atoms with Gasteiger partial charge in [-0.05, 0) is 50.0 Å². The van der Waals surface area contributed by atoms with Crippen molar-refractivity contribution in [3.63, 3.8) is 0 Å². The average Bonchev–Trinajstić information content (AvgIpc) is 2.49. The van der Waals surface area contributed by atoms with Crippen molar-refractivity contribution < 1.29 is 14.3 Å². The molecule has 0 atom stereocenters. The first-order chi connectivity index (χ1) is 10.1. The lowest BCUT2D eigenvalue weighted by Crippen LogP contribution is -2.30. The zero-order valence-corrected chi connectivity index (χ0v) is 12.7. The Bertz CT molecular complexity index is 528. The van der Waals surface area contributed by atoms with Gasteiger partial charge in [0, 0.05) is 12.1 Å². The molecular formula is C15H19ClN2O3. The molecule has 2 rings (SSSR count). The zero-order valence-electron chi connectivity index (χ0n) is 11.9. The minimum atomic E-state index is -0.519. The summed E-state index contributed by atoms with van der Waals surface area (Å²) in [6.45, 7) is 1.93. The molecule has 1 fully saturated rings. The van der Waals surface area contributed by atoms with Crippen LogP contribution in [-0.2, 0) is 9.53 Å². The quantitative estimate of drug-likeness (QED) is 0.838. The molecule has 114 valence electrons. The Labute approximate surface area is 129 Å². The lowest BCUT2D eigenvalue weighted by Gasteiger charge is -2.22. The van der Waals surface area contributed by atoms with Crippen molar-refractivity contribution in [2.24, 2.45) is 5.92 Å². The first-order valence-electron chi connectivity index (χ1n) is 6.98.